The molecule has 3 nitrogen and oxygen atoms in total. The number of nitrogens with zero attached hydrogens (tertiary/aromatic N) is 3. The summed E-state index contributed by atoms with van der Waals surface area (Å²) in [5.41, 5.74) is 4.50. The zero-order valence-corrected chi connectivity index (χ0v) is 14.0. The van der Waals surface area contributed by atoms with Crippen molar-refractivity contribution in [2.45, 2.75) is 34.1 Å². The molecule has 0 amide bonds. The third-order valence-electron chi connectivity index (χ3n) is 3.63. The van der Waals surface area contributed by atoms with E-state index in [2.05, 4.69) is 17.0 Å². The van der Waals surface area contributed by atoms with E-state index in [4.69, 9.17) is 0 Å². The number of hydrogen-bond acceptors (Lipinski definition) is 3. The lowest BCUT2D eigenvalue weighted by Gasteiger charge is -2.18. The maximum absolute atomic E-state index is 13.5. The molecule has 0 spiro atoms. The molecular weight excluding hydrogens is 289 g/mol. The summed E-state index contributed by atoms with van der Waals surface area (Å²) >= 11 is 0. The second-order valence-corrected chi connectivity index (χ2v) is 5.52. The minimum Gasteiger partial charge on any atom is -0.264 e. The Hall–Kier alpha value is -2.49. The minimum atomic E-state index is -0.210. The summed E-state index contributed by atoms with van der Waals surface area (Å²) in [5.74, 6) is -0.210. The van der Waals surface area contributed by atoms with E-state index < -0.39 is 0 Å². The maximum atomic E-state index is 13.5. The molecule has 2 rings (SSSR count). The molecule has 0 fully saturated rings. The molecule has 0 saturated carbocycles. The number of rotatable bonds is 5. The Morgan fingerprint density at radius 2 is 2.09 bits per heavy atom. The number of hydrogen-bond donors (Lipinski definition) is 0. The molecule has 4 heteroatoms. The van der Waals surface area contributed by atoms with E-state index in [1.54, 1.807) is 30.3 Å². The predicted octanol–water partition coefficient (Wildman–Crippen LogP) is 5.18. The van der Waals surface area contributed by atoms with Crippen molar-refractivity contribution in [2.75, 3.05) is 5.01 Å². The SMILES string of the molecule is CCC(C)=NN(C=C(C)c1cccnc1)c1ccc(F)c(C)c1. The molecule has 23 heavy (non-hydrogen) atoms. The van der Waals surface area contributed by atoms with Crippen LogP contribution in [0.3, 0.4) is 0 Å². The van der Waals surface area contributed by atoms with Crippen LogP contribution in [-0.4, -0.2) is 10.7 Å². The molecule has 1 aromatic heterocycles. The standard InChI is InChI=1S/C19H22FN3/c1-5-16(4)22-23(18-8-9-19(20)14(2)11-18)13-15(3)17-7-6-10-21-12-17/h6-13H,5H2,1-4H3. The predicted molar refractivity (Wildman–Crippen MR) is 94.9 cm³/mol. The number of hydrazone groups is 1. The molecule has 120 valence electrons. The number of aryl methyl sites for hydroxylation is 1. The summed E-state index contributed by atoms with van der Waals surface area (Å²) in [6, 6.07) is 8.92. The summed E-state index contributed by atoms with van der Waals surface area (Å²) < 4.78 is 13.5. The largest absolute Gasteiger partial charge is 0.264 e. The van der Waals surface area contributed by atoms with E-state index in [-0.39, 0.29) is 5.82 Å². The molecule has 0 aliphatic carbocycles. The highest BCUT2D eigenvalue weighted by Crippen LogP contribution is 2.22. The second-order valence-electron chi connectivity index (χ2n) is 5.52. The van der Waals surface area contributed by atoms with Gasteiger partial charge in [-0.1, -0.05) is 13.0 Å². The molecule has 1 heterocycles. The average molecular weight is 311 g/mol. The van der Waals surface area contributed by atoms with Gasteiger partial charge in [0.15, 0.2) is 0 Å². The van der Waals surface area contributed by atoms with E-state index in [0.29, 0.717) is 5.56 Å². The van der Waals surface area contributed by atoms with Gasteiger partial charge in [-0.3, -0.25) is 4.98 Å². The van der Waals surface area contributed by atoms with Crippen molar-refractivity contribution in [2.24, 2.45) is 5.10 Å². The van der Waals surface area contributed by atoms with Gasteiger partial charge < -0.3 is 0 Å². The van der Waals surface area contributed by atoms with Gasteiger partial charge >= 0.3 is 0 Å². The summed E-state index contributed by atoms with van der Waals surface area (Å²) in [6.07, 6.45) is 6.37. The van der Waals surface area contributed by atoms with Gasteiger partial charge in [-0.25, -0.2) is 9.40 Å². The smallest absolute Gasteiger partial charge is 0.126 e. The number of pyridine rings is 1. The minimum absolute atomic E-state index is 0.210. The first-order chi connectivity index (χ1) is 11.0. The van der Waals surface area contributed by atoms with Gasteiger partial charge in [-0.2, -0.15) is 5.10 Å². The monoisotopic (exact) mass is 311 g/mol. The topological polar surface area (TPSA) is 28.5 Å². The van der Waals surface area contributed by atoms with Gasteiger partial charge in [0.2, 0.25) is 0 Å². The van der Waals surface area contributed by atoms with Crippen LogP contribution in [0.2, 0.25) is 0 Å². The normalized spacial score (nSPS) is 12.4. The zero-order valence-electron chi connectivity index (χ0n) is 14.0. The molecule has 0 radical (unpaired) electrons. The van der Waals surface area contributed by atoms with Crippen LogP contribution in [0.25, 0.3) is 5.57 Å². The molecule has 1 aromatic carbocycles. The summed E-state index contributed by atoms with van der Waals surface area (Å²) in [7, 11) is 0. The van der Waals surface area contributed by atoms with E-state index in [0.717, 1.165) is 29.0 Å². The summed E-state index contributed by atoms with van der Waals surface area (Å²) in [6.45, 7) is 7.81. The Morgan fingerprint density at radius 1 is 1.30 bits per heavy atom. The van der Waals surface area contributed by atoms with Crippen LogP contribution in [0.1, 0.15) is 38.3 Å². The highest BCUT2D eigenvalue weighted by molar-refractivity contribution is 5.83. The molecule has 0 aliphatic rings. The molecule has 0 atom stereocenters. The quantitative estimate of drug-likeness (QED) is 0.562. The van der Waals surface area contributed by atoms with E-state index in [1.165, 1.54) is 6.07 Å². The second kappa shape index (κ2) is 7.68. The first-order valence-electron chi connectivity index (χ1n) is 7.69. The van der Waals surface area contributed by atoms with E-state index >= 15 is 0 Å². The van der Waals surface area contributed by atoms with Gasteiger partial charge in [0, 0.05) is 24.3 Å². The molecule has 0 unspecified atom stereocenters. The van der Waals surface area contributed by atoms with Crippen molar-refractivity contribution in [1.29, 1.82) is 0 Å². The van der Waals surface area contributed by atoms with Crippen molar-refractivity contribution < 1.29 is 4.39 Å². The van der Waals surface area contributed by atoms with Crippen LogP contribution < -0.4 is 5.01 Å². The molecule has 0 saturated heterocycles. The van der Waals surface area contributed by atoms with Crippen LogP contribution in [-0.2, 0) is 0 Å². The zero-order chi connectivity index (χ0) is 16.8. The first-order valence-corrected chi connectivity index (χ1v) is 7.69. The highest BCUT2D eigenvalue weighted by Gasteiger charge is 2.07. The Kier molecular flexibility index (Phi) is 5.63. The third kappa shape index (κ3) is 4.49. The van der Waals surface area contributed by atoms with Gasteiger partial charge in [0.05, 0.1) is 5.69 Å². The van der Waals surface area contributed by atoms with Crippen molar-refractivity contribution in [3.8, 4) is 0 Å². The number of aromatic nitrogens is 1. The van der Waals surface area contributed by atoms with Crippen LogP contribution in [0.5, 0.6) is 0 Å². The van der Waals surface area contributed by atoms with Gasteiger partial charge in [0.25, 0.3) is 0 Å². The highest BCUT2D eigenvalue weighted by atomic mass is 19.1. The summed E-state index contributed by atoms with van der Waals surface area (Å²) in [4.78, 5) is 4.14. The Balaban J connectivity index is 2.44. The molecular formula is C19H22FN3. The average Bonchev–Trinajstić information content (AvgIpc) is 2.57. The fraction of sp³-hybridized carbons (Fsp3) is 0.263. The van der Waals surface area contributed by atoms with E-state index in [1.807, 2.05) is 38.4 Å². The fourth-order valence-electron chi connectivity index (χ4n) is 2.04. The maximum Gasteiger partial charge on any atom is 0.126 e. The Morgan fingerprint density at radius 3 is 2.70 bits per heavy atom. The first kappa shape index (κ1) is 16.9. The lowest BCUT2D eigenvalue weighted by atomic mass is 10.1. The molecule has 0 bridgehead atoms. The molecule has 0 N–H and O–H groups in total. The number of anilines is 1. The third-order valence-corrected chi connectivity index (χ3v) is 3.63. The van der Waals surface area contributed by atoms with Crippen LogP contribution in [0.15, 0.2) is 54.0 Å². The van der Waals surface area contributed by atoms with Crippen molar-refractivity contribution in [3.63, 3.8) is 0 Å². The Bertz CT molecular complexity index is 721. The summed E-state index contributed by atoms with van der Waals surface area (Å²) in [5, 5.41) is 6.43. The van der Waals surface area contributed by atoms with Gasteiger partial charge in [0.1, 0.15) is 5.82 Å². The van der Waals surface area contributed by atoms with Crippen LogP contribution >= 0.6 is 0 Å². The number of benzene rings is 1. The van der Waals surface area contributed by atoms with Crippen molar-refractivity contribution >= 4 is 17.0 Å². The van der Waals surface area contributed by atoms with Crippen LogP contribution in [0, 0.1) is 12.7 Å². The van der Waals surface area contributed by atoms with Crippen molar-refractivity contribution in [1.82, 2.24) is 4.98 Å². The lowest BCUT2D eigenvalue weighted by Crippen LogP contribution is -2.11. The van der Waals surface area contributed by atoms with Gasteiger partial charge in [-0.15, -0.1) is 0 Å². The molecule has 2 aromatic rings. The number of allylic oxidation sites excluding steroid dienone is 1. The number of halogens is 1. The fourth-order valence-corrected chi connectivity index (χ4v) is 2.04. The van der Waals surface area contributed by atoms with Crippen LogP contribution in [0.4, 0.5) is 10.1 Å². The van der Waals surface area contributed by atoms with E-state index in [9.17, 15) is 4.39 Å². The molecule has 0 aliphatic heterocycles. The Labute approximate surface area is 137 Å². The van der Waals surface area contributed by atoms with Crippen molar-refractivity contribution in [3.05, 3.63) is 65.9 Å². The lowest BCUT2D eigenvalue weighted by molar-refractivity contribution is 0.618. The van der Waals surface area contributed by atoms with Gasteiger partial charge in [-0.05, 0) is 68.2 Å².